The van der Waals surface area contributed by atoms with Crippen LogP contribution in [0.15, 0.2) is 10.6 Å². The Hall–Kier alpha value is -1.07. The third kappa shape index (κ3) is 3.48. The number of rotatable bonds is 3. The fourth-order valence-electron chi connectivity index (χ4n) is 2.48. The molecule has 3 rings (SSSR count). The van der Waals surface area contributed by atoms with E-state index in [-0.39, 0.29) is 24.4 Å². The molecule has 0 spiro atoms. The number of hydrogen-bond acceptors (Lipinski definition) is 4. The summed E-state index contributed by atoms with van der Waals surface area (Å²) in [5.74, 6) is 1.23. The molecule has 19 heavy (non-hydrogen) atoms. The molecule has 0 aromatic carbocycles. The molecule has 0 saturated heterocycles. The Balaban J connectivity index is 0.00000133. The zero-order valence-electron chi connectivity index (χ0n) is 10.8. The predicted molar refractivity (Wildman–Crippen MR) is 73.4 cm³/mol. The predicted octanol–water partition coefficient (Wildman–Crippen LogP) is 1.97. The molecule has 0 unspecified atom stereocenters. The maximum absolute atomic E-state index is 12.0. The van der Waals surface area contributed by atoms with Crippen LogP contribution in [0.2, 0.25) is 0 Å². The Kier molecular flexibility index (Phi) is 4.47. The molecule has 6 heteroatoms. The van der Waals surface area contributed by atoms with Gasteiger partial charge >= 0.3 is 0 Å². The van der Waals surface area contributed by atoms with Crippen LogP contribution in [-0.4, -0.2) is 23.1 Å². The van der Waals surface area contributed by atoms with Crippen molar-refractivity contribution >= 4 is 18.3 Å². The first-order valence-corrected chi connectivity index (χ1v) is 6.75. The van der Waals surface area contributed by atoms with Crippen LogP contribution >= 0.6 is 12.4 Å². The van der Waals surface area contributed by atoms with Gasteiger partial charge in [-0.1, -0.05) is 5.16 Å². The van der Waals surface area contributed by atoms with Crippen LogP contribution in [0, 0.1) is 0 Å². The SMILES string of the molecule is Cl.N[C@H]1CC[C@H](NC(=O)c2cc(C3CC3)on2)CC1. The summed E-state index contributed by atoms with van der Waals surface area (Å²) >= 11 is 0. The summed E-state index contributed by atoms with van der Waals surface area (Å²) in [7, 11) is 0. The number of nitrogens with zero attached hydrogens (tertiary/aromatic N) is 1. The van der Waals surface area contributed by atoms with Crippen molar-refractivity contribution in [3.63, 3.8) is 0 Å². The summed E-state index contributed by atoms with van der Waals surface area (Å²) in [6.45, 7) is 0. The van der Waals surface area contributed by atoms with E-state index in [0.29, 0.717) is 17.7 Å². The summed E-state index contributed by atoms with van der Waals surface area (Å²) in [5, 5.41) is 6.86. The normalized spacial score (nSPS) is 26.6. The molecular weight excluding hydrogens is 266 g/mol. The van der Waals surface area contributed by atoms with Crippen molar-refractivity contribution < 1.29 is 9.32 Å². The lowest BCUT2D eigenvalue weighted by atomic mass is 9.92. The minimum absolute atomic E-state index is 0. The van der Waals surface area contributed by atoms with E-state index in [0.717, 1.165) is 44.3 Å². The van der Waals surface area contributed by atoms with Gasteiger partial charge in [-0.3, -0.25) is 4.79 Å². The van der Waals surface area contributed by atoms with E-state index in [2.05, 4.69) is 10.5 Å². The van der Waals surface area contributed by atoms with E-state index in [4.69, 9.17) is 10.3 Å². The maximum Gasteiger partial charge on any atom is 0.273 e. The van der Waals surface area contributed by atoms with Crippen LogP contribution in [0.4, 0.5) is 0 Å². The van der Waals surface area contributed by atoms with Crippen molar-refractivity contribution in [2.45, 2.75) is 56.5 Å². The minimum atomic E-state index is -0.119. The van der Waals surface area contributed by atoms with Crippen molar-refractivity contribution in [2.24, 2.45) is 5.73 Å². The summed E-state index contributed by atoms with van der Waals surface area (Å²) < 4.78 is 5.19. The van der Waals surface area contributed by atoms with E-state index >= 15 is 0 Å². The van der Waals surface area contributed by atoms with Gasteiger partial charge in [0.05, 0.1) is 0 Å². The number of nitrogens with one attached hydrogen (secondary N) is 1. The topological polar surface area (TPSA) is 81.1 Å². The van der Waals surface area contributed by atoms with E-state index < -0.39 is 0 Å². The number of hydrogen-bond donors (Lipinski definition) is 2. The average molecular weight is 286 g/mol. The van der Waals surface area contributed by atoms with Crippen molar-refractivity contribution in [1.29, 1.82) is 0 Å². The second-order valence-corrected chi connectivity index (χ2v) is 5.47. The summed E-state index contributed by atoms with van der Waals surface area (Å²) in [4.78, 5) is 12.0. The smallest absolute Gasteiger partial charge is 0.273 e. The van der Waals surface area contributed by atoms with Crippen LogP contribution in [0.3, 0.4) is 0 Å². The fourth-order valence-corrected chi connectivity index (χ4v) is 2.48. The number of amides is 1. The Morgan fingerprint density at radius 1 is 1.26 bits per heavy atom. The van der Waals surface area contributed by atoms with Gasteiger partial charge in [0.15, 0.2) is 5.69 Å². The highest BCUT2D eigenvalue weighted by Crippen LogP contribution is 2.40. The summed E-state index contributed by atoms with van der Waals surface area (Å²) in [5.41, 5.74) is 6.25. The Bertz CT molecular complexity index is 437. The lowest BCUT2D eigenvalue weighted by molar-refractivity contribution is 0.0916. The molecule has 2 aliphatic rings. The van der Waals surface area contributed by atoms with Crippen molar-refractivity contribution in [2.75, 3.05) is 0 Å². The number of carbonyl (C=O) groups is 1. The molecular formula is C13H20ClN3O2. The van der Waals surface area contributed by atoms with Crippen LogP contribution in [0.25, 0.3) is 0 Å². The van der Waals surface area contributed by atoms with E-state index in [1.54, 1.807) is 6.07 Å². The van der Waals surface area contributed by atoms with Crippen LogP contribution in [-0.2, 0) is 0 Å². The highest BCUT2D eigenvalue weighted by molar-refractivity contribution is 5.92. The number of nitrogens with two attached hydrogens (primary N) is 1. The van der Waals surface area contributed by atoms with Gasteiger partial charge in [0.25, 0.3) is 5.91 Å². The highest BCUT2D eigenvalue weighted by atomic mass is 35.5. The monoisotopic (exact) mass is 285 g/mol. The second kappa shape index (κ2) is 5.92. The Morgan fingerprint density at radius 3 is 2.58 bits per heavy atom. The summed E-state index contributed by atoms with van der Waals surface area (Å²) in [6, 6.07) is 2.31. The lowest BCUT2D eigenvalue weighted by Gasteiger charge is -2.26. The molecule has 0 atom stereocenters. The third-order valence-electron chi connectivity index (χ3n) is 3.85. The molecule has 1 heterocycles. The van der Waals surface area contributed by atoms with Gasteiger partial charge in [-0.25, -0.2) is 0 Å². The van der Waals surface area contributed by atoms with Gasteiger partial charge < -0.3 is 15.6 Å². The number of halogens is 1. The van der Waals surface area contributed by atoms with Gasteiger partial charge in [-0.15, -0.1) is 12.4 Å². The first kappa shape index (κ1) is 14.3. The van der Waals surface area contributed by atoms with Gasteiger partial charge in [0, 0.05) is 24.1 Å². The van der Waals surface area contributed by atoms with Gasteiger partial charge in [0.1, 0.15) is 5.76 Å². The lowest BCUT2D eigenvalue weighted by Crippen LogP contribution is -2.40. The molecule has 0 bridgehead atoms. The third-order valence-corrected chi connectivity index (χ3v) is 3.85. The molecule has 2 aliphatic carbocycles. The van der Waals surface area contributed by atoms with Crippen LogP contribution in [0.1, 0.15) is 60.7 Å². The highest BCUT2D eigenvalue weighted by Gasteiger charge is 2.29. The van der Waals surface area contributed by atoms with Crippen LogP contribution in [0.5, 0.6) is 0 Å². The van der Waals surface area contributed by atoms with Crippen molar-refractivity contribution in [1.82, 2.24) is 10.5 Å². The average Bonchev–Trinajstić information content (AvgIpc) is 3.10. The largest absolute Gasteiger partial charge is 0.360 e. The zero-order valence-corrected chi connectivity index (χ0v) is 11.6. The fraction of sp³-hybridized carbons (Fsp3) is 0.692. The van der Waals surface area contributed by atoms with E-state index in [9.17, 15) is 4.79 Å². The zero-order chi connectivity index (χ0) is 12.5. The maximum atomic E-state index is 12.0. The van der Waals surface area contributed by atoms with Gasteiger partial charge in [0.2, 0.25) is 0 Å². The molecule has 0 radical (unpaired) electrons. The number of carbonyl (C=O) groups excluding carboxylic acids is 1. The van der Waals surface area contributed by atoms with Gasteiger partial charge in [-0.05, 0) is 38.5 Å². The Labute approximate surface area is 118 Å². The molecule has 1 aromatic rings. The quantitative estimate of drug-likeness (QED) is 0.890. The van der Waals surface area contributed by atoms with Gasteiger partial charge in [-0.2, -0.15) is 0 Å². The van der Waals surface area contributed by atoms with Crippen LogP contribution < -0.4 is 11.1 Å². The Morgan fingerprint density at radius 2 is 1.95 bits per heavy atom. The first-order chi connectivity index (χ1) is 8.72. The van der Waals surface area contributed by atoms with E-state index in [1.165, 1.54) is 0 Å². The molecule has 1 aromatic heterocycles. The second-order valence-electron chi connectivity index (χ2n) is 5.47. The molecule has 2 fully saturated rings. The first-order valence-electron chi connectivity index (χ1n) is 6.75. The molecule has 2 saturated carbocycles. The van der Waals surface area contributed by atoms with E-state index in [1.807, 2.05) is 0 Å². The number of aromatic nitrogens is 1. The molecule has 1 amide bonds. The summed E-state index contributed by atoms with van der Waals surface area (Å²) in [6.07, 6.45) is 6.18. The molecule has 5 nitrogen and oxygen atoms in total. The molecule has 0 aliphatic heterocycles. The minimum Gasteiger partial charge on any atom is -0.360 e. The van der Waals surface area contributed by atoms with Crippen molar-refractivity contribution in [3.8, 4) is 0 Å². The van der Waals surface area contributed by atoms with Crippen molar-refractivity contribution in [3.05, 3.63) is 17.5 Å². The molecule has 3 N–H and O–H groups in total. The molecule has 106 valence electrons. The standard InChI is InChI=1S/C13H19N3O2.ClH/c14-9-3-5-10(6-4-9)15-13(17)11-7-12(18-16-11)8-1-2-8;/h7-10H,1-6,14H2,(H,15,17);1H/t9-,10-;.